The van der Waals surface area contributed by atoms with Gasteiger partial charge in [-0.15, -0.1) is 0 Å². The maximum atomic E-state index is 6.42. The molecule has 0 bridgehead atoms. The van der Waals surface area contributed by atoms with Crippen LogP contribution in [0.5, 0.6) is 0 Å². The number of furan rings is 1. The van der Waals surface area contributed by atoms with Crippen LogP contribution in [0.1, 0.15) is 79.0 Å². The molecule has 0 unspecified atom stereocenters. The summed E-state index contributed by atoms with van der Waals surface area (Å²) in [5.74, 6) is 0. The highest BCUT2D eigenvalue weighted by atomic mass is 16.3. The van der Waals surface area contributed by atoms with Gasteiger partial charge in [-0.3, -0.25) is 0 Å². The lowest BCUT2D eigenvalue weighted by atomic mass is 9.44. The number of fused-ring (bicyclic) bond motifs is 7. The molecule has 11 rings (SSSR count). The van der Waals surface area contributed by atoms with E-state index in [0.717, 1.165) is 21.9 Å². The summed E-state index contributed by atoms with van der Waals surface area (Å²) in [6.07, 6.45) is 0. The Hall–Kier alpha value is -6.26. The summed E-state index contributed by atoms with van der Waals surface area (Å²) in [6.45, 7) is 20.9. The van der Waals surface area contributed by atoms with E-state index in [2.05, 4.69) is 217 Å². The van der Waals surface area contributed by atoms with Crippen LogP contribution in [-0.4, -0.2) is 11.3 Å². The van der Waals surface area contributed by atoms with Gasteiger partial charge in [0.1, 0.15) is 11.2 Å². The summed E-state index contributed by atoms with van der Waals surface area (Å²) < 4.78 is 9.15. The highest BCUT2D eigenvalue weighted by molar-refractivity contribution is 6.89. The fourth-order valence-corrected chi connectivity index (χ4v) is 10.0. The Morgan fingerprint density at radius 3 is 1.83 bits per heavy atom. The van der Waals surface area contributed by atoms with Gasteiger partial charge in [-0.2, -0.15) is 0 Å². The number of anilines is 3. The smallest absolute Gasteiger partial charge is 0.333 e. The zero-order chi connectivity index (χ0) is 41.5. The first kappa shape index (κ1) is 36.8. The van der Waals surface area contributed by atoms with Gasteiger partial charge in [0.25, 0.3) is 0 Å². The van der Waals surface area contributed by atoms with Gasteiger partial charge in [-0.25, -0.2) is 0 Å². The predicted molar refractivity (Wildman–Crippen MR) is 257 cm³/mol. The predicted octanol–water partition coefficient (Wildman–Crippen LogP) is 14.2. The molecule has 0 amide bonds. The SMILES string of the molecule is CC(C)(C)c1ccc(N2c3ccccc3B3c4c(cc(C(C)(C)C)cc42)-c2cc(C(C)(C)C)cc4c(-c5ccccc5)c(-c5ccc6oc7ccccc7c6c5)n3c24)cc1. The van der Waals surface area contributed by atoms with Crippen molar-refractivity contribution >= 4 is 67.7 Å². The summed E-state index contributed by atoms with van der Waals surface area (Å²) in [4.78, 5) is 2.55. The standard InChI is InChI=1S/C56H51BN2O/c1-54(2,3)36-24-26-39(27-25-36)58-46-21-15-14-20-45(46)57-51-42(30-38(33-47(51)58)56(7,8)9)43-31-37(55(4,5)6)32-44-50(34-17-11-10-12-18-34)52(59(57)53(43)44)35-23-28-49-41(29-35)40-19-13-16-22-48(40)60-49/h10-33H,1-9H3. The van der Waals surface area contributed by atoms with Gasteiger partial charge in [0.05, 0.1) is 0 Å². The third-order valence-electron chi connectivity index (χ3n) is 13.2. The highest BCUT2D eigenvalue weighted by Gasteiger charge is 2.45. The Labute approximate surface area is 354 Å². The molecule has 4 heterocycles. The van der Waals surface area contributed by atoms with Crippen LogP contribution in [0.25, 0.3) is 66.4 Å². The van der Waals surface area contributed by atoms with E-state index in [9.17, 15) is 0 Å². The van der Waals surface area contributed by atoms with Gasteiger partial charge in [-0.1, -0.05) is 147 Å². The van der Waals surface area contributed by atoms with Crippen LogP contribution in [0.3, 0.4) is 0 Å². The minimum atomic E-state index is -0.0818. The van der Waals surface area contributed by atoms with Crippen molar-refractivity contribution in [3.63, 3.8) is 0 Å². The van der Waals surface area contributed by atoms with Crippen LogP contribution in [0.4, 0.5) is 17.1 Å². The molecule has 2 aromatic heterocycles. The van der Waals surface area contributed by atoms with Gasteiger partial charge in [0.2, 0.25) is 0 Å². The molecule has 0 aliphatic carbocycles. The zero-order valence-electron chi connectivity index (χ0n) is 36.2. The van der Waals surface area contributed by atoms with E-state index in [1.54, 1.807) is 0 Å². The summed E-state index contributed by atoms with van der Waals surface area (Å²) in [5, 5.41) is 3.57. The van der Waals surface area contributed by atoms with Crippen molar-refractivity contribution in [2.75, 3.05) is 4.90 Å². The van der Waals surface area contributed by atoms with Crippen molar-refractivity contribution in [1.82, 2.24) is 4.48 Å². The number of para-hydroxylation sites is 2. The number of rotatable bonds is 3. The molecular formula is C56H51BN2O. The lowest BCUT2D eigenvalue weighted by Gasteiger charge is -2.42. The minimum Gasteiger partial charge on any atom is -0.456 e. The second-order valence-electron chi connectivity index (χ2n) is 20.2. The largest absolute Gasteiger partial charge is 0.456 e. The maximum absolute atomic E-state index is 6.42. The maximum Gasteiger partial charge on any atom is 0.333 e. The van der Waals surface area contributed by atoms with E-state index in [1.807, 2.05) is 0 Å². The van der Waals surface area contributed by atoms with E-state index in [4.69, 9.17) is 4.42 Å². The van der Waals surface area contributed by atoms with Gasteiger partial charge < -0.3 is 13.8 Å². The lowest BCUT2D eigenvalue weighted by Crippen LogP contribution is -2.57. The second-order valence-corrected chi connectivity index (χ2v) is 20.2. The molecule has 0 atom stereocenters. The molecule has 0 N–H and O–H groups in total. The number of benzene rings is 7. The highest BCUT2D eigenvalue weighted by Crippen LogP contribution is 2.52. The Kier molecular flexibility index (Phi) is 7.75. The van der Waals surface area contributed by atoms with E-state index in [0.29, 0.717) is 0 Å². The number of nitrogens with zero attached hydrogens (tertiary/aromatic N) is 2. The van der Waals surface area contributed by atoms with Gasteiger partial charge in [0, 0.05) is 55.6 Å². The van der Waals surface area contributed by atoms with Crippen molar-refractivity contribution in [2.24, 2.45) is 0 Å². The first-order chi connectivity index (χ1) is 28.7. The molecule has 2 aliphatic rings. The molecular weight excluding hydrogens is 727 g/mol. The normalized spacial score (nSPS) is 13.7. The number of hydrogen-bond acceptors (Lipinski definition) is 2. The molecule has 60 heavy (non-hydrogen) atoms. The third kappa shape index (κ3) is 5.42. The van der Waals surface area contributed by atoms with E-state index < -0.39 is 0 Å². The Morgan fingerprint density at radius 2 is 1.10 bits per heavy atom. The van der Waals surface area contributed by atoms with Crippen molar-refractivity contribution in [3.8, 4) is 33.5 Å². The molecule has 3 nitrogen and oxygen atoms in total. The topological polar surface area (TPSA) is 21.3 Å². The van der Waals surface area contributed by atoms with Gasteiger partial charge in [-0.05, 0) is 121 Å². The molecule has 9 aromatic rings. The van der Waals surface area contributed by atoms with Crippen LogP contribution >= 0.6 is 0 Å². The average Bonchev–Trinajstić information content (AvgIpc) is 3.77. The van der Waals surface area contributed by atoms with Crippen molar-refractivity contribution in [3.05, 3.63) is 162 Å². The second kappa shape index (κ2) is 12.6. The molecule has 0 fully saturated rings. The number of aromatic nitrogens is 1. The molecule has 4 heteroatoms. The van der Waals surface area contributed by atoms with E-state index in [1.165, 1.54) is 89.1 Å². The number of hydrogen-bond donors (Lipinski definition) is 0. The molecule has 0 radical (unpaired) electrons. The zero-order valence-corrected chi connectivity index (χ0v) is 36.2. The van der Waals surface area contributed by atoms with Crippen molar-refractivity contribution in [2.45, 2.75) is 78.6 Å². The molecule has 0 saturated carbocycles. The molecule has 294 valence electrons. The monoisotopic (exact) mass is 778 g/mol. The molecule has 7 aromatic carbocycles. The van der Waals surface area contributed by atoms with Crippen LogP contribution in [-0.2, 0) is 16.2 Å². The summed E-state index contributed by atoms with van der Waals surface area (Å²) in [7, 11) is 0. The van der Waals surface area contributed by atoms with E-state index >= 15 is 0 Å². The van der Waals surface area contributed by atoms with E-state index in [-0.39, 0.29) is 23.1 Å². The van der Waals surface area contributed by atoms with Crippen molar-refractivity contribution in [1.29, 1.82) is 0 Å². The lowest BCUT2D eigenvalue weighted by molar-refractivity contribution is 0.589. The van der Waals surface area contributed by atoms with Crippen LogP contribution in [0.2, 0.25) is 0 Å². The Bertz CT molecular complexity index is 3200. The fourth-order valence-electron chi connectivity index (χ4n) is 10.0. The third-order valence-corrected chi connectivity index (χ3v) is 13.2. The average molecular weight is 779 g/mol. The van der Waals surface area contributed by atoms with Crippen LogP contribution in [0.15, 0.2) is 150 Å². The van der Waals surface area contributed by atoms with Crippen LogP contribution < -0.4 is 15.8 Å². The molecule has 2 aliphatic heterocycles. The van der Waals surface area contributed by atoms with Crippen molar-refractivity contribution < 1.29 is 4.42 Å². The Balaban J connectivity index is 1.32. The van der Waals surface area contributed by atoms with Crippen LogP contribution in [0, 0.1) is 0 Å². The quantitative estimate of drug-likeness (QED) is 0.167. The summed E-state index contributed by atoms with van der Waals surface area (Å²) in [5.41, 5.74) is 20.8. The summed E-state index contributed by atoms with van der Waals surface area (Å²) in [6, 6.07) is 54.9. The Morgan fingerprint density at radius 1 is 0.467 bits per heavy atom. The minimum absolute atomic E-state index is 0.0572. The summed E-state index contributed by atoms with van der Waals surface area (Å²) >= 11 is 0. The van der Waals surface area contributed by atoms with Gasteiger partial charge >= 0.3 is 6.85 Å². The molecule has 0 saturated heterocycles. The molecule has 0 spiro atoms. The first-order valence-corrected chi connectivity index (χ1v) is 21.5. The first-order valence-electron chi connectivity index (χ1n) is 21.5. The fraction of sp³-hybridized carbons (Fsp3) is 0.214. The van der Waals surface area contributed by atoms with Gasteiger partial charge in [0.15, 0.2) is 0 Å².